The van der Waals surface area contributed by atoms with Gasteiger partial charge in [0.1, 0.15) is 0 Å². The van der Waals surface area contributed by atoms with Crippen molar-refractivity contribution >= 4 is 0 Å². The SMILES string of the molecule is CN(C)CCN(C)C1(CN)CCCC(C2CC2)C1. The van der Waals surface area contributed by atoms with Crippen LogP contribution in [0.4, 0.5) is 0 Å². The topological polar surface area (TPSA) is 32.5 Å². The fraction of sp³-hybridized carbons (Fsp3) is 1.00. The van der Waals surface area contributed by atoms with Gasteiger partial charge in [0.05, 0.1) is 0 Å². The first-order valence-electron chi connectivity index (χ1n) is 7.63. The lowest BCUT2D eigenvalue weighted by atomic mass is 9.73. The fourth-order valence-corrected chi connectivity index (χ4v) is 3.63. The number of rotatable bonds is 6. The maximum atomic E-state index is 6.17. The highest BCUT2D eigenvalue weighted by Gasteiger charge is 2.43. The molecule has 3 nitrogen and oxygen atoms in total. The smallest absolute Gasteiger partial charge is 0.0331 e. The van der Waals surface area contributed by atoms with Gasteiger partial charge in [-0.1, -0.05) is 12.8 Å². The second kappa shape index (κ2) is 5.89. The second-order valence-electron chi connectivity index (χ2n) is 6.85. The number of hydrogen-bond acceptors (Lipinski definition) is 3. The molecule has 2 saturated carbocycles. The molecule has 0 aromatic rings. The van der Waals surface area contributed by atoms with E-state index in [2.05, 4.69) is 30.9 Å². The third kappa shape index (κ3) is 3.25. The average Bonchev–Trinajstić information content (AvgIpc) is 3.20. The largest absolute Gasteiger partial charge is 0.329 e. The van der Waals surface area contributed by atoms with Crippen molar-refractivity contribution in [2.24, 2.45) is 17.6 Å². The quantitative estimate of drug-likeness (QED) is 0.783. The van der Waals surface area contributed by atoms with E-state index in [1.165, 1.54) is 38.5 Å². The van der Waals surface area contributed by atoms with Gasteiger partial charge in [-0.15, -0.1) is 0 Å². The Balaban J connectivity index is 1.94. The van der Waals surface area contributed by atoms with E-state index in [4.69, 9.17) is 5.73 Å². The van der Waals surface area contributed by atoms with Crippen molar-refractivity contribution < 1.29 is 0 Å². The molecule has 2 N–H and O–H groups in total. The van der Waals surface area contributed by atoms with Crippen LogP contribution in [0.2, 0.25) is 0 Å². The van der Waals surface area contributed by atoms with Gasteiger partial charge in [-0.3, -0.25) is 4.90 Å². The zero-order chi connectivity index (χ0) is 13.2. The summed E-state index contributed by atoms with van der Waals surface area (Å²) in [6, 6.07) is 0. The van der Waals surface area contributed by atoms with E-state index < -0.39 is 0 Å². The lowest BCUT2D eigenvalue weighted by molar-refractivity contribution is 0.0474. The predicted molar refractivity (Wildman–Crippen MR) is 77.7 cm³/mol. The Labute approximate surface area is 113 Å². The molecule has 2 unspecified atom stereocenters. The van der Waals surface area contributed by atoms with Gasteiger partial charge in [0, 0.05) is 25.2 Å². The van der Waals surface area contributed by atoms with Gasteiger partial charge in [0.25, 0.3) is 0 Å². The Morgan fingerprint density at radius 2 is 1.78 bits per heavy atom. The summed E-state index contributed by atoms with van der Waals surface area (Å²) in [6.45, 7) is 3.11. The number of likely N-dealkylation sites (N-methyl/N-ethyl adjacent to an activating group) is 2. The predicted octanol–water partition coefficient (Wildman–Crippen LogP) is 1.78. The van der Waals surface area contributed by atoms with Crippen molar-refractivity contribution in [3.63, 3.8) is 0 Å². The maximum absolute atomic E-state index is 6.17. The lowest BCUT2D eigenvalue weighted by Gasteiger charge is -2.47. The van der Waals surface area contributed by atoms with Gasteiger partial charge >= 0.3 is 0 Å². The van der Waals surface area contributed by atoms with Crippen LogP contribution in [0.3, 0.4) is 0 Å². The second-order valence-corrected chi connectivity index (χ2v) is 6.85. The van der Waals surface area contributed by atoms with Crippen LogP contribution in [-0.4, -0.2) is 56.1 Å². The minimum Gasteiger partial charge on any atom is -0.329 e. The molecule has 2 aliphatic carbocycles. The van der Waals surface area contributed by atoms with Crippen molar-refractivity contribution in [1.29, 1.82) is 0 Å². The minimum atomic E-state index is 0.293. The summed E-state index contributed by atoms with van der Waals surface area (Å²) < 4.78 is 0. The van der Waals surface area contributed by atoms with Gasteiger partial charge in [-0.25, -0.2) is 0 Å². The van der Waals surface area contributed by atoms with Gasteiger partial charge in [0.2, 0.25) is 0 Å². The van der Waals surface area contributed by atoms with Crippen molar-refractivity contribution in [3.8, 4) is 0 Å². The molecular formula is C15H31N3. The Morgan fingerprint density at radius 3 is 2.33 bits per heavy atom. The van der Waals surface area contributed by atoms with E-state index in [1.807, 2.05) is 0 Å². The van der Waals surface area contributed by atoms with Crippen LogP contribution in [0, 0.1) is 11.8 Å². The number of nitrogens with two attached hydrogens (primary N) is 1. The van der Waals surface area contributed by atoms with E-state index in [1.54, 1.807) is 0 Å². The first-order chi connectivity index (χ1) is 8.57. The first-order valence-corrected chi connectivity index (χ1v) is 7.63. The molecule has 2 fully saturated rings. The molecule has 0 spiro atoms. The number of nitrogens with zero attached hydrogens (tertiary/aromatic N) is 2. The van der Waals surface area contributed by atoms with Crippen LogP contribution in [0.15, 0.2) is 0 Å². The summed E-state index contributed by atoms with van der Waals surface area (Å²) in [5.74, 6) is 2.00. The molecular weight excluding hydrogens is 222 g/mol. The normalized spacial score (nSPS) is 33.3. The van der Waals surface area contributed by atoms with E-state index in [0.29, 0.717) is 5.54 Å². The zero-order valence-electron chi connectivity index (χ0n) is 12.5. The molecule has 106 valence electrons. The molecule has 0 radical (unpaired) electrons. The third-order valence-corrected chi connectivity index (χ3v) is 5.22. The van der Waals surface area contributed by atoms with Gasteiger partial charge in [-0.2, -0.15) is 0 Å². The van der Waals surface area contributed by atoms with E-state index in [9.17, 15) is 0 Å². The van der Waals surface area contributed by atoms with Gasteiger partial charge in [-0.05, 0) is 58.7 Å². The monoisotopic (exact) mass is 253 g/mol. The van der Waals surface area contributed by atoms with Crippen molar-refractivity contribution in [2.75, 3.05) is 40.8 Å². The molecule has 2 aliphatic rings. The third-order valence-electron chi connectivity index (χ3n) is 5.22. The Hall–Kier alpha value is -0.120. The average molecular weight is 253 g/mol. The van der Waals surface area contributed by atoms with Crippen LogP contribution in [-0.2, 0) is 0 Å². The van der Waals surface area contributed by atoms with Crippen LogP contribution >= 0.6 is 0 Å². The summed E-state index contributed by atoms with van der Waals surface area (Å²) in [4.78, 5) is 4.82. The van der Waals surface area contributed by atoms with Crippen LogP contribution in [0.1, 0.15) is 38.5 Å². The zero-order valence-corrected chi connectivity index (χ0v) is 12.5. The fourth-order valence-electron chi connectivity index (χ4n) is 3.63. The summed E-state index contributed by atoms with van der Waals surface area (Å²) in [6.07, 6.45) is 8.44. The molecule has 0 aromatic carbocycles. The summed E-state index contributed by atoms with van der Waals surface area (Å²) in [5, 5.41) is 0. The molecule has 2 atom stereocenters. The molecule has 0 saturated heterocycles. The van der Waals surface area contributed by atoms with Crippen molar-refractivity contribution in [2.45, 2.75) is 44.1 Å². The van der Waals surface area contributed by atoms with Crippen LogP contribution in [0.5, 0.6) is 0 Å². The van der Waals surface area contributed by atoms with Crippen molar-refractivity contribution in [3.05, 3.63) is 0 Å². The Morgan fingerprint density at radius 1 is 1.06 bits per heavy atom. The Kier molecular flexibility index (Phi) is 4.68. The summed E-state index contributed by atoms with van der Waals surface area (Å²) in [7, 11) is 6.58. The van der Waals surface area contributed by atoms with Crippen LogP contribution < -0.4 is 5.73 Å². The molecule has 0 bridgehead atoms. The molecule has 3 heteroatoms. The molecule has 0 aliphatic heterocycles. The highest BCUT2D eigenvalue weighted by atomic mass is 15.2. The van der Waals surface area contributed by atoms with E-state index >= 15 is 0 Å². The molecule has 0 amide bonds. The standard InChI is InChI=1S/C15H31N3/c1-17(2)9-10-18(3)15(12-16)8-4-5-14(11-15)13-6-7-13/h13-14H,4-12,16H2,1-3H3. The number of hydrogen-bond donors (Lipinski definition) is 1. The maximum Gasteiger partial charge on any atom is 0.0331 e. The van der Waals surface area contributed by atoms with Crippen molar-refractivity contribution in [1.82, 2.24) is 9.80 Å². The summed E-state index contributed by atoms with van der Waals surface area (Å²) in [5.41, 5.74) is 6.47. The highest BCUT2D eigenvalue weighted by Crippen LogP contribution is 2.47. The van der Waals surface area contributed by atoms with Gasteiger partial charge < -0.3 is 10.6 Å². The molecule has 2 rings (SSSR count). The van der Waals surface area contributed by atoms with E-state index in [0.717, 1.165) is 31.5 Å². The van der Waals surface area contributed by atoms with Crippen LogP contribution in [0.25, 0.3) is 0 Å². The molecule has 0 heterocycles. The minimum absolute atomic E-state index is 0.293. The first kappa shape index (κ1) is 14.3. The molecule has 18 heavy (non-hydrogen) atoms. The Bertz CT molecular complexity index is 262. The van der Waals surface area contributed by atoms with E-state index in [-0.39, 0.29) is 0 Å². The van der Waals surface area contributed by atoms with Gasteiger partial charge in [0.15, 0.2) is 0 Å². The lowest BCUT2D eigenvalue weighted by Crippen LogP contribution is -2.56. The highest BCUT2D eigenvalue weighted by molar-refractivity contribution is 4.99. The molecule has 0 aromatic heterocycles. The summed E-state index contributed by atoms with van der Waals surface area (Å²) >= 11 is 0.